The molecule has 1 N–H and O–H groups in total. The number of nitrogens with zero attached hydrogens (tertiary/aromatic N) is 3. The number of carbonyl (C=O) groups is 3. The van der Waals surface area contributed by atoms with E-state index in [-0.39, 0.29) is 11.3 Å². The van der Waals surface area contributed by atoms with Crippen LogP contribution in [-0.4, -0.2) is 38.5 Å². The van der Waals surface area contributed by atoms with Crippen LogP contribution >= 0.6 is 0 Å². The molecule has 2 amide bonds. The maximum Gasteiger partial charge on any atom is 0.351 e. The van der Waals surface area contributed by atoms with Crippen molar-refractivity contribution in [2.24, 2.45) is 5.10 Å². The second-order valence-corrected chi connectivity index (χ2v) is 3.93. The zero-order chi connectivity index (χ0) is 16.2. The highest BCUT2D eigenvalue weighted by Crippen LogP contribution is 2.14. The van der Waals surface area contributed by atoms with Gasteiger partial charge in [-0.2, -0.15) is 10.1 Å². The number of carboxylic acids is 1. The van der Waals surface area contributed by atoms with Gasteiger partial charge in [-0.25, -0.2) is 4.79 Å². The van der Waals surface area contributed by atoms with Crippen LogP contribution in [0.5, 0.6) is 0 Å². The van der Waals surface area contributed by atoms with Crippen LogP contribution in [-0.2, 0) is 9.59 Å². The number of carboxylic acid groups (broad SMARTS) is 1. The van der Waals surface area contributed by atoms with E-state index in [4.69, 9.17) is 5.11 Å². The summed E-state index contributed by atoms with van der Waals surface area (Å²) in [5.41, 5.74) is -0.690. The van der Waals surface area contributed by atoms with Crippen LogP contribution in [0.2, 0.25) is 0 Å². The van der Waals surface area contributed by atoms with Crippen LogP contribution in [0.3, 0.4) is 0 Å². The van der Waals surface area contributed by atoms with Gasteiger partial charge >= 0.3 is 5.97 Å². The van der Waals surface area contributed by atoms with Crippen LogP contribution in [0, 0.1) is 10.1 Å². The Morgan fingerprint density at radius 3 is 2.10 bits per heavy atom. The van der Waals surface area contributed by atoms with E-state index in [2.05, 4.69) is 5.10 Å². The summed E-state index contributed by atoms with van der Waals surface area (Å²) in [5.74, 6) is -3.03. The Balaban J connectivity index is 3.12. The van der Waals surface area contributed by atoms with Crippen molar-refractivity contribution in [2.75, 3.05) is 0 Å². The molecule has 0 heterocycles. The van der Waals surface area contributed by atoms with Gasteiger partial charge in [0.25, 0.3) is 11.6 Å². The number of nitro benzene ring substituents is 1. The van der Waals surface area contributed by atoms with Crippen LogP contribution in [0.25, 0.3) is 0 Å². The zero-order valence-corrected chi connectivity index (χ0v) is 11.1. The Labute approximate surface area is 118 Å². The molecule has 1 aromatic carbocycles. The Bertz CT molecular complexity index is 635. The number of imide groups is 1. The summed E-state index contributed by atoms with van der Waals surface area (Å²) in [7, 11) is 0. The third-order valence-electron chi connectivity index (χ3n) is 2.38. The predicted octanol–water partition coefficient (Wildman–Crippen LogP) is 1.04. The minimum Gasteiger partial charge on any atom is -0.477 e. The van der Waals surface area contributed by atoms with Crippen LogP contribution in [0.1, 0.15) is 24.2 Å². The smallest absolute Gasteiger partial charge is 0.351 e. The number of hydrazone groups is 1. The van der Waals surface area contributed by atoms with Gasteiger partial charge in [0.2, 0.25) is 5.91 Å². The lowest BCUT2D eigenvalue weighted by molar-refractivity contribution is -0.384. The number of rotatable bonds is 4. The monoisotopic (exact) mass is 293 g/mol. The van der Waals surface area contributed by atoms with E-state index in [1.54, 1.807) is 0 Å². The highest BCUT2D eigenvalue weighted by Gasteiger charge is 2.21. The number of carbonyl (C=O) groups excluding carboxylic acids is 2. The standard InChI is InChI=1S/C12H11N3O6/c1-7(12(18)19)13-14(8(2)16)11(17)9-3-5-10(6-4-9)15(20)21/h3-6H,1-2H3,(H,18,19). The molecule has 0 saturated carbocycles. The lowest BCUT2D eigenvalue weighted by Crippen LogP contribution is -2.32. The Hall–Kier alpha value is -3.10. The molecule has 21 heavy (non-hydrogen) atoms. The third kappa shape index (κ3) is 3.93. The number of hydrogen-bond donors (Lipinski definition) is 1. The van der Waals surface area contributed by atoms with Crippen molar-refractivity contribution in [1.29, 1.82) is 0 Å². The first-order chi connectivity index (χ1) is 9.73. The molecule has 0 aromatic heterocycles. The maximum atomic E-state index is 12.1. The number of benzene rings is 1. The van der Waals surface area contributed by atoms with Gasteiger partial charge < -0.3 is 5.11 Å². The summed E-state index contributed by atoms with van der Waals surface area (Å²) in [6.45, 7) is 2.17. The summed E-state index contributed by atoms with van der Waals surface area (Å²) in [6.07, 6.45) is 0. The molecule has 0 aliphatic carbocycles. The lowest BCUT2D eigenvalue weighted by Gasteiger charge is -2.13. The van der Waals surface area contributed by atoms with Gasteiger partial charge in [-0.1, -0.05) is 0 Å². The van der Waals surface area contributed by atoms with Crippen molar-refractivity contribution in [2.45, 2.75) is 13.8 Å². The van der Waals surface area contributed by atoms with E-state index in [9.17, 15) is 24.5 Å². The minimum absolute atomic E-state index is 0.0299. The minimum atomic E-state index is -1.38. The average Bonchev–Trinajstić information content (AvgIpc) is 2.43. The summed E-state index contributed by atoms with van der Waals surface area (Å²) in [5, 5.41) is 23.0. The van der Waals surface area contributed by atoms with Gasteiger partial charge in [-0.3, -0.25) is 19.7 Å². The second-order valence-electron chi connectivity index (χ2n) is 3.93. The molecule has 9 heteroatoms. The second kappa shape index (κ2) is 6.37. The molecule has 9 nitrogen and oxygen atoms in total. The topological polar surface area (TPSA) is 130 Å². The van der Waals surface area contributed by atoms with E-state index in [1.165, 1.54) is 0 Å². The first-order valence-electron chi connectivity index (χ1n) is 5.62. The molecule has 1 rings (SSSR count). The van der Waals surface area contributed by atoms with Gasteiger partial charge in [0.15, 0.2) is 0 Å². The molecule has 0 bridgehead atoms. The fourth-order valence-corrected chi connectivity index (χ4v) is 1.30. The van der Waals surface area contributed by atoms with Gasteiger partial charge in [-0.15, -0.1) is 0 Å². The van der Waals surface area contributed by atoms with E-state index in [1.807, 2.05) is 0 Å². The fraction of sp³-hybridized carbons (Fsp3) is 0.167. The van der Waals surface area contributed by atoms with E-state index in [0.29, 0.717) is 5.01 Å². The Morgan fingerprint density at radius 1 is 1.19 bits per heavy atom. The highest BCUT2D eigenvalue weighted by molar-refractivity contribution is 6.34. The maximum absolute atomic E-state index is 12.1. The van der Waals surface area contributed by atoms with Crippen molar-refractivity contribution in [3.05, 3.63) is 39.9 Å². The van der Waals surface area contributed by atoms with E-state index in [0.717, 1.165) is 38.1 Å². The Morgan fingerprint density at radius 2 is 1.71 bits per heavy atom. The normalized spacial score (nSPS) is 10.9. The molecule has 0 aliphatic rings. The predicted molar refractivity (Wildman–Crippen MR) is 70.7 cm³/mol. The summed E-state index contributed by atoms with van der Waals surface area (Å²) in [6, 6.07) is 4.50. The van der Waals surface area contributed by atoms with Gasteiger partial charge in [0.1, 0.15) is 5.71 Å². The molecular weight excluding hydrogens is 282 g/mol. The molecule has 1 aromatic rings. The number of hydrogen-bond acceptors (Lipinski definition) is 6. The van der Waals surface area contributed by atoms with Crippen LogP contribution < -0.4 is 0 Å². The number of nitro groups is 1. The van der Waals surface area contributed by atoms with Crippen molar-refractivity contribution >= 4 is 29.2 Å². The highest BCUT2D eigenvalue weighted by atomic mass is 16.6. The van der Waals surface area contributed by atoms with Crippen molar-refractivity contribution in [1.82, 2.24) is 5.01 Å². The third-order valence-corrected chi connectivity index (χ3v) is 2.38. The molecule has 0 atom stereocenters. The van der Waals surface area contributed by atoms with E-state index < -0.39 is 28.4 Å². The lowest BCUT2D eigenvalue weighted by atomic mass is 10.2. The SMILES string of the molecule is CC(=O)N(N=C(C)C(=O)O)C(=O)c1ccc([N+](=O)[O-])cc1. The number of aliphatic carboxylic acids is 1. The van der Waals surface area contributed by atoms with Gasteiger partial charge in [-0.05, 0) is 19.1 Å². The summed E-state index contributed by atoms with van der Waals surface area (Å²) >= 11 is 0. The molecule has 0 unspecified atom stereocenters. The molecule has 0 saturated heterocycles. The average molecular weight is 293 g/mol. The first-order valence-corrected chi connectivity index (χ1v) is 5.62. The van der Waals surface area contributed by atoms with Gasteiger partial charge in [0.05, 0.1) is 4.92 Å². The quantitative estimate of drug-likeness (QED) is 0.501. The van der Waals surface area contributed by atoms with Crippen LogP contribution in [0.15, 0.2) is 29.4 Å². The molecule has 0 radical (unpaired) electrons. The largest absolute Gasteiger partial charge is 0.477 e. The molecule has 0 spiro atoms. The molecule has 0 aliphatic heterocycles. The molecule has 0 fully saturated rings. The van der Waals surface area contributed by atoms with E-state index >= 15 is 0 Å². The zero-order valence-electron chi connectivity index (χ0n) is 11.1. The summed E-state index contributed by atoms with van der Waals surface area (Å²) in [4.78, 5) is 44.0. The van der Waals surface area contributed by atoms with Crippen molar-refractivity contribution < 1.29 is 24.4 Å². The van der Waals surface area contributed by atoms with Crippen molar-refractivity contribution in [3.63, 3.8) is 0 Å². The van der Waals surface area contributed by atoms with Crippen molar-refractivity contribution in [3.8, 4) is 0 Å². The Kier molecular flexibility index (Phi) is 4.84. The van der Waals surface area contributed by atoms with Gasteiger partial charge in [0, 0.05) is 24.6 Å². The summed E-state index contributed by atoms with van der Waals surface area (Å²) < 4.78 is 0. The fourth-order valence-electron chi connectivity index (χ4n) is 1.30. The first kappa shape index (κ1) is 16.0. The molecular formula is C12H11N3O6. The van der Waals surface area contributed by atoms with Crippen LogP contribution in [0.4, 0.5) is 5.69 Å². The number of amides is 2. The molecule has 110 valence electrons. The number of non-ortho nitro benzene ring substituents is 1.